The van der Waals surface area contributed by atoms with Crippen LogP contribution in [-0.2, 0) is 9.84 Å². The van der Waals surface area contributed by atoms with Crippen LogP contribution in [0, 0.1) is 6.92 Å². The summed E-state index contributed by atoms with van der Waals surface area (Å²) in [5.74, 6) is 0.391. The monoisotopic (exact) mass is 313 g/mol. The fourth-order valence-electron chi connectivity index (χ4n) is 1.48. The third-order valence-corrected chi connectivity index (χ3v) is 3.80. The van der Waals surface area contributed by atoms with Gasteiger partial charge >= 0.3 is 0 Å². The van der Waals surface area contributed by atoms with Gasteiger partial charge in [0.2, 0.25) is 11.2 Å². The van der Waals surface area contributed by atoms with Gasteiger partial charge in [-0.2, -0.15) is 4.98 Å². The van der Waals surface area contributed by atoms with E-state index in [2.05, 4.69) is 9.97 Å². The van der Waals surface area contributed by atoms with Gasteiger partial charge in [-0.1, -0.05) is 6.07 Å². The summed E-state index contributed by atoms with van der Waals surface area (Å²) < 4.78 is 28.5. The third-order valence-electron chi connectivity index (χ3n) is 2.52. The number of nitrogens with zero attached hydrogens (tertiary/aromatic N) is 2. The van der Waals surface area contributed by atoms with Crippen LogP contribution in [0.3, 0.4) is 0 Å². The molecule has 8 heteroatoms. The van der Waals surface area contributed by atoms with Crippen LogP contribution in [0.1, 0.15) is 5.69 Å². The SMILES string of the molecule is Cc1nc(Cl)nc(Oc2cccc(S(C)(=O)=O)c2)c1N. The molecule has 0 spiro atoms. The van der Waals surface area contributed by atoms with Crippen LogP contribution in [0.5, 0.6) is 11.6 Å². The Kier molecular flexibility index (Phi) is 3.82. The van der Waals surface area contributed by atoms with Crippen LogP contribution in [0.15, 0.2) is 29.2 Å². The lowest BCUT2D eigenvalue weighted by atomic mass is 10.3. The average Bonchev–Trinajstić information content (AvgIpc) is 2.35. The van der Waals surface area contributed by atoms with E-state index in [9.17, 15) is 8.42 Å². The smallest absolute Gasteiger partial charge is 0.247 e. The van der Waals surface area contributed by atoms with Crippen molar-refractivity contribution in [1.82, 2.24) is 9.97 Å². The van der Waals surface area contributed by atoms with Gasteiger partial charge in [0.15, 0.2) is 9.84 Å². The van der Waals surface area contributed by atoms with E-state index in [1.54, 1.807) is 19.1 Å². The van der Waals surface area contributed by atoms with E-state index in [-0.39, 0.29) is 21.7 Å². The molecule has 2 rings (SSSR count). The highest BCUT2D eigenvalue weighted by molar-refractivity contribution is 7.90. The van der Waals surface area contributed by atoms with Gasteiger partial charge in [0.1, 0.15) is 11.4 Å². The van der Waals surface area contributed by atoms with Crippen molar-refractivity contribution in [1.29, 1.82) is 0 Å². The third kappa shape index (κ3) is 3.17. The fourth-order valence-corrected chi connectivity index (χ4v) is 2.34. The van der Waals surface area contributed by atoms with Crippen molar-refractivity contribution >= 4 is 27.1 Å². The van der Waals surface area contributed by atoms with Crippen LogP contribution < -0.4 is 10.5 Å². The summed E-state index contributed by atoms with van der Waals surface area (Å²) in [5.41, 5.74) is 6.53. The summed E-state index contributed by atoms with van der Waals surface area (Å²) in [4.78, 5) is 7.91. The molecule has 0 saturated carbocycles. The highest BCUT2D eigenvalue weighted by Gasteiger charge is 2.12. The normalized spacial score (nSPS) is 11.3. The Morgan fingerprint density at radius 1 is 1.30 bits per heavy atom. The number of aryl methyl sites for hydroxylation is 1. The minimum Gasteiger partial charge on any atom is -0.437 e. The van der Waals surface area contributed by atoms with E-state index in [0.717, 1.165) is 6.26 Å². The molecule has 0 atom stereocenters. The first kappa shape index (κ1) is 14.5. The molecule has 1 aromatic carbocycles. The zero-order valence-corrected chi connectivity index (χ0v) is 12.4. The van der Waals surface area contributed by atoms with Crippen molar-refractivity contribution < 1.29 is 13.2 Å². The molecular weight excluding hydrogens is 302 g/mol. The molecule has 0 fully saturated rings. The molecule has 0 saturated heterocycles. The van der Waals surface area contributed by atoms with Gasteiger partial charge in [0, 0.05) is 6.26 Å². The maximum absolute atomic E-state index is 11.5. The maximum atomic E-state index is 11.5. The quantitative estimate of drug-likeness (QED) is 0.873. The molecule has 2 aromatic rings. The Morgan fingerprint density at radius 2 is 2.00 bits per heavy atom. The van der Waals surface area contributed by atoms with Gasteiger partial charge in [-0.05, 0) is 36.7 Å². The number of benzene rings is 1. The van der Waals surface area contributed by atoms with E-state index in [4.69, 9.17) is 22.1 Å². The summed E-state index contributed by atoms with van der Waals surface area (Å²) in [7, 11) is -3.31. The molecule has 0 aliphatic heterocycles. The van der Waals surface area contributed by atoms with Gasteiger partial charge in [-0.25, -0.2) is 13.4 Å². The predicted molar refractivity (Wildman–Crippen MR) is 75.8 cm³/mol. The Labute approximate surface area is 121 Å². The molecule has 20 heavy (non-hydrogen) atoms. The van der Waals surface area contributed by atoms with Crippen LogP contribution in [0.4, 0.5) is 5.69 Å². The average molecular weight is 314 g/mol. The predicted octanol–water partition coefficient (Wildman–Crippen LogP) is 2.22. The van der Waals surface area contributed by atoms with Crippen LogP contribution in [-0.4, -0.2) is 24.6 Å². The number of hydrogen-bond donors (Lipinski definition) is 1. The second-order valence-electron chi connectivity index (χ2n) is 4.15. The summed E-state index contributed by atoms with van der Waals surface area (Å²) in [5, 5.41) is 0.00553. The number of nitrogens with two attached hydrogens (primary N) is 1. The first-order chi connectivity index (χ1) is 9.27. The first-order valence-electron chi connectivity index (χ1n) is 5.55. The number of sulfone groups is 1. The van der Waals surface area contributed by atoms with E-state index in [1.807, 2.05) is 0 Å². The first-order valence-corrected chi connectivity index (χ1v) is 7.82. The van der Waals surface area contributed by atoms with Crippen molar-refractivity contribution in [2.45, 2.75) is 11.8 Å². The van der Waals surface area contributed by atoms with Crippen molar-refractivity contribution in [3.8, 4) is 11.6 Å². The Balaban J connectivity index is 2.41. The molecule has 0 unspecified atom stereocenters. The van der Waals surface area contributed by atoms with Gasteiger partial charge in [0.05, 0.1) is 10.6 Å². The highest BCUT2D eigenvalue weighted by Crippen LogP contribution is 2.29. The number of ether oxygens (including phenoxy) is 1. The summed E-state index contributed by atoms with van der Waals surface area (Å²) >= 11 is 5.74. The Bertz CT molecular complexity index is 763. The Morgan fingerprint density at radius 3 is 2.65 bits per heavy atom. The number of aromatic nitrogens is 2. The second kappa shape index (κ2) is 5.26. The number of halogens is 1. The number of nitrogen functional groups attached to an aromatic ring is 1. The highest BCUT2D eigenvalue weighted by atomic mass is 35.5. The minimum atomic E-state index is -3.31. The fraction of sp³-hybridized carbons (Fsp3) is 0.167. The van der Waals surface area contributed by atoms with E-state index < -0.39 is 9.84 Å². The molecule has 6 nitrogen and oxygen atoms in total. The van der Waals surface area contributed by atoms with E-state index in [0.29, 0.717) is 11.4 Å². The molecule has 0 aliphatic rings. The van der Waals surface area contributed by atoms with Crippen LogP contribution in [0.25, 0.3) is 0 Å². The largest absolute Gasteiger partial charge is 0.437 e. The lowest BCUT2D eigenvalue weighted by Crippen LogP contribution is -2.02. The standard InChI is InChI=1S/C12H12ClN3O3S/c1-7-10(14)11(16-12(13)15-7)19-8-4-3-5-9(6-8)20(2,17)18/h3-6H,14H2,1-2H3. The zero-order chi connectivity index (χ0) is 14.9. The topological polar surface area (TPSA) is 95.2 Å². The maximum Gasteiger partial charge on any atom is 0.247 e. The van der Waals surface area contributed by atoms with Crippen molar-refractivity contribution in [3.63, 3.8) is 0 Å². The van der Waals surface area contributed by atoms with Crippen molar-refractivity contribution in [3.05, 3.63) is 35.2 Å². The molecule has 0 amide bonds. The lowest BCUT2D eigenvalue weighted by Gasteiger charge is -2.09. The zero-order valence-electron chi connectivity index (χ0n) is 10.8. The minimum absolute atomic E-state index is 0.00553. The summed E-state index contributed by atoms with van der Waals surface area (Å²) in [6.07, 6.45) is 1.12. The van der Waals surface area contributed by atoms with Gasteiger partial charge in [-0.3, -0.25) is 0 Å². The molecule has 1 heterocycles. The number of anilines is 1. The van der Waals surface area contributed by atoms with Gasteiger partial charge in [0.25, 0.3) is 0 Å². The van der Waals surface area contributed by atoms with Gasteiger partial charge < -0.3 is 10.5 Å². The number of hydrogen-bond acceptors (Lipinski definition) is 6. The molecular formula is C12H12ClN3O3S. The molecule has 0 bridgehead atoms. The van der Waals surface area contributed by atoms with Crippen molar-refractivity contribution in [2.75, 3.05) is 12.0 Å². The molecule has 1 aromatic heterocycles. The van der Waals surface area contributed by atoms with Gasteiger partial charge in [-0.15, -0.1) is 0 Å². The molecule has 2 N–H and O–H groups in total. The van der Waals surface area contributed by atoms with E-state index in [1.165, 1.54) is 12.1 Å². The summed E-state index contributed by atoms with van der Waals surface area (Å²) in [6.45, 7) is 1.67. The Hall–Kier alpha value is -1.86. The lowest BCUT2D eigenvalue weighted by molar-refractivity contribution is 0.462. The summed E-state index contributed by atoms with van der Waals surface area (Å²) in [6, 6.07) is 6.03. The number of rotatable bonds is 3. The van der Waals surface area contributed by atoms with E-state index >= 15 is 0 Å². The van der Waals surface area contributed by atoms with Crippen LogP contribution in [0.2, 0.25) is 5.28 Å². The van der Waals surface area contributed by atoms with Crippen molar-refractivity contribution in [2.24, 2.45) is 0 Å². The molecule has 0 radical (unpaired) electrons. The molecule has 106 valence electrons. The second-order valence-corrected chi connectivity index (χ2v) is 6.50. The molecule has 0 aliphatic carbocycles. The van der Waals surface area contributed by atoms with Crippen LogP contribution >= 0.6 is 11.6 Å².